The van der Waals surface area contributed by atoms with Crippen molar-refractivity contribution < 1.29 is 14.5 Å². The number of hydrogen-bond acceptors (Lipinski definition) is 5. The fraction of sp³-hybridized carbons (Fsp3) is 0.692. The maximum absolute atomic E-state index is 12.0. The topological polar surface area (TPSA) is 90.5 Å². The normalized spacial score (nSPS) is 18.9. The second-order valence-electron chi connectivity index (χ2n) is 6.21. The van der Waals surface area contributed by atoms with Crippen molar-refractivity contribution in [3.8, 4) is 0 Å². The summed E-state index contributed by atoms with van der Waals surface area (Å²) < 4.78 is 6.90. The monoisotopic (exact) mass is 296 g/mol. The van der Waals surface area contributed by atoms with Gasteiger partial charge in [-0.25, -0.2) is 4.79 Å². The van der Waals surface area contributed by atoms with Crippen molar-refractivity contribution in [2.24, 2.45) is 0 Å². The molecule has 1 aliphatic heterocycles. The fourth-order valence-electron chi connectivity index (χ4n) is 2.29. The van der Waals surface area contributed by atoms with E-state index < -0.39 is 10.5 Å². The minimum Gasteiger partial charge on any atom is -0.444 e. The van der Waals surface area contributed by atoms with Crippen molar-refractivity contribution in [3.05, 3.63) is 22.0 Å². The Kier molecular flexibility index (Phi) is 3.89. The molecule has 0 N–H and O–H groups in total. The lowest BCUT2D eigenvalue weighted by molar-refractivity contribution is -0.385. The summed E-state index contributed by atoms with van der Waals surface area (Å²) in [6.07, 6.45) is 1.78. The SMILES string of the molecule is Cc1nn([C@H]2CCN(C(=O)OC(C)(C)C)C2)cc1[N+](=O)[O-]. The first-order chi connectivity index (χ1) is 9.67. The standard InChI is InChI=1S/C13H20N4O4/c1-9-11(17(19)20)8-16(14-9)10-5-6-15(7-10)12(18)21-13(2,3)4/h8,10H,5-7H2,1-4H3/t10-/m0/s1. The zero-order valence-corrected chi connectivity index (χ0v) is 12.7. The molecule has 8 nitrogen and oxygen atoms in total. The van der Waals surface area contributed by atoms with Gasteiger partial charge in [0.2, 0.25) is 0 Å². The number of nitro groups is 1. The van der Waals surface area contributed by atoms with Crippen LogP contribution in [-0.4, -0.2) is 44.4 Å². The van der Waals surface area contributed by atoms with Crippen molar-refractivity contribution in [3.63, 3.8) is 0 Å². The molecule has 8 heteroatoms. The summed E-state index contributed by atoms with van der Waals surface area (Å²) in [5.74, 6) is 0. The predicted molar refractivity (Wildman–Crippen MR) is 75.1 cm³/mol. The van der Waals surface area contributed by atoms with Crippen molar-refractivity contribution in [2.75, 3.05) is 13.1 Å². The average Bonchev–Trinajstić information content (AvgIpc) is 2.92. The van der Waals surface area contributed by atoms with E-state index in [9.17, 15) is 14.9 Å². The van der Waals surface area contributed by atoms with Crippen LogP contribution in [0.15, 0.2) is 6.20 Å². The Morgan fingerprint density at radius 2 is 2.19 bits per heavy atom. The molecule has 1 saturated heterocycles. The summed E-state index contributed by atoms with van der Waals surface area (Å²) in [7, 11) is 0. The Labute approximate surface area is 122 Å². The Hall–Kier alpha value is -2.12. The van der Waals surface area contributed by atoms with Gasteiger partial charge in [0.05, 0.1) is 11.0 Å². The number of likely N-dealkylation sites (tertiary alicyclic amines) is 1. The van der Waals surface area contributed by atoms with Crippen LogP contribution in [0.3, 0.4) is 0 Å². The lowest BCUT2D eigenvalue weighted by atomic mass is 10.2. The highest BCUT2D eigenvalue weighted by molar-refractivity contribution is 5.68. The van der Waals surface area contributed by atoms with Crippen molar-refractivity contribution in [1.29, 1.82) is 0 Å². The molecule has 0 spiro atoms. The van der Waals surface area contributed by atoms with Gasteiger partial charge in [0.15, 0.2) is 0 Å². The largest absolute Gasteiger partial charge is 0.444 e. The molecule has 1 fully saturated rings. The molecule has 1 atom stereocenters. The van der Waals surface area contributed by atoms with Gasteiger partial charge in [0, 0.05) is 13.1 Å². The van der Waals surface area contributed by atoms with Crippen LogP contribution in [0.25, 0.3) is 0 Å². The third-order valence-corrected chi connectivity index (χ3v) is 3.28. The van der Waals surface area contributed by atoms with Crippen LogP contribution in [0.1, 0.15) is 38.9 Å². The van der Waals surface area contributed by atoms with E-state index in [0.717, 1.165) is 0 Å². The van der Waals surface area contributed by atoms with E-state index >= 15 is 0 Å². The van der Waals surface area contributed by atoms with Crippen LogP contribution in [-0.2, 0) is 4.74 Å². The van der Waals surface area contributed by atoms with Gasteiger partial charge in [0.25, 0.3) is 0 Å². The molecule has 0 aliphatic carbocycles. The number of aryl methyl sites for hydroxylation is 1. The molecule has 0 radical (unpaired) electrons. The van der Waals surface area contributed by atoms with Gasteiger partial charge in [-0.3, -0.25) is 14.8 Å². The number of amides is 1. The number of carbonyl (C=O) groups is 1. The van der Waals surface area contributed by atoms with Gasteiger partial charge in [0.1, 0.15) is 17.5 Å². The van der Waals surface area contributed by atoms with Crippen LogP contribution in [0.5, 0.6) is 0 Å². The number of rotatable bonds is 2. The number of carbonyl (C=O) groups excluding carboxylic acids is 1. The molecule has 1 aromatic heterocycles. The van der Waals surface area contributed by atoms with Gasteiger partial charge in [-0.15, -0.1) is 0 Å². The van der Waals surface area contributed by atoms with E-state index in [1.807, 2.05) is 20.8 Å². The maximum Gasteiger partial charge on any atom is 0.410 e. The van der Waals surface area contributed by atoms with Crippen molar-refractivity contribution in [2.45, 2.75) is 45.8 Å². The molecule has 1 aliphatic rings. The summed E-state index contributed by atoms with van der Waals surface area (Å²) in [6, 6.07) is -0.0510. The van der Waals surface area contributed by atoms with Gasteiger partial charge < -0.3 is 9.64 Å². The Balaban J connectivity index is 2.04. The first-order valence-electron chi connectivity index (χ1n) is 6.85. The Morgan fingerprint density at radius 3 is 2.71 bits per heavy atom. The second kappa shape index (κ2) is 5.34. The fourth-order valence-corrected chi connectivity index (χ4v) is 2.29. The maximum atomic E-state index is 12.0. The zero-order valence-electron chi connectivity index (χ0n) is 12.7. The van der Waals surface area contributed by atoms with E-state index in [1.54, 1.807) is 16.5 Å². The van der Waals surface area contributed by atoms with E-state index in [2.05, 4.69) is 5.10 Å². The lowest BCUT2D eigenvalue weighted by Crippen LogP contribution is -2.35. The molecule has 0 bridgehead atoms. The lowest BCUT2D eigenvalue weighted by Gasteiger charge is -2.24. The first-order valence-corrected chi connectivity index (χ1v) is 6.85. The molecular formula is C13H20N4O4. The molecule has 116 valence electrons. The zero-order chi connectivity index (χ0) is 15.8. The highest BCUT2D eigenvalue weighted by atomic mass is 16.6. The Morgan fingerprint density at radius 1 is 1.52 bits per heavy atom. The first kappa shape index (κ1) is 15.3. The highest BCUT2D eigenvalue weighted by Crippen LogP contribution is 2.26. The number of hydrogen-bond donors (Lipinski definition) is 0. The molecular weight excluding hydrogens is 276 g/mol. The van der Waals surface area contributed by atoms with Gasteiger partial charge in [-0.05, 0) is 34.1 Å². The average molecular weight is 296 g/mol. The minimum absolute atomic E-state index is 0.00529. The molecule has 0 unspecified atom stereocenters. The molecule has 0 saturated carbocycles. The van der Waals surface area contributed by atoms with Crippen molar-refractivity contribution >= 4 is 11.8 Å². The summed E-state index contributed by atoms with van der Waals surface area (Å²) in [5.41, 5.74) is -0.141. The predicted octanol–water partition coefficient (Wildman–Crippen LogP) is 2.28. The van der Waals surface area contributed by atoms with Gasteiger partial charge in [-0.1, -0.05) is 0 Å². The molecule has 2 rings (SSSR count). The summed E-state index contributed by atoms with van der Waals surface area (Å²) in [6.45, 7) is 8.07. The number of ether oxygens (including phenoxy) is 1. The highest BCUT2D eigenvalue weighted by Gasteiger charge is 2.32. The van der Waals surface area contributed by atoms with E-state index in [0.29, 0.717) is 25.2 Å². The summed E-state index contributed by atoms with van der Waals surface area (Å²) in [5, 5.41) is 15.0. The molecule has 0 aromatic carbocycles. The Bertz CT molecular complexity index is 561. The van der Waals surface area contributed by atoms with Crippen LogP contribution >= 0.6 is 0 Å². The summed E-state index contributed by atoms with van der Waals surface area (Å²) >= 11 is 0. The molecule has 2 heterocycles. The quantitative estimate of drug-likeness (QED) is 0.617. The third kappa shape index (κ3) is 3.50. The van der Waals surface area contributed by atoms with E-state index in [1.165, 1.54) is 6.20 Å². The summed E-state index contributed by atoms with van der Waals surface area (Å²) in [4.78, 5) is 24.0. The minimum atomic E-state index is -0.532. The van der Waals surface area contributed by atoms with Crippen LogP contribution in [0, 0.1) is 17.0 Å². The molecule has 1 aromatic rings. The molecule has 21 heavy (non-hydrogen) atoms. The number of aromatic nitrogens is 2. The van der Waals surface area contributed by atoms with Crippen LogP contribution < -0.4 is 0 Å². The second-order valence-corrected chi connectivity index (χ2v) is 6.21. The van der Waals surface area contributed by atoms with E-state index in [4.69, 9.17) is 4.74 Å². The van der Waals surface area contributed by atoms with E-state index in [-0.39, 0.29) is 17.8 Å². The van der Waals surface area contributed by atoms with Crippen LogP contribution in [0.2, 0.25) is 0 Å². The van der Waals surface area contributed by atoms with Crippen LogP contribution in [0.4, 0.5) is 10.5 Å². The van der Waals surface area contributed by atoms with Gasteiger partial charge in [-0.2, -0.15) is 5.10 Å². The van der Waals surface area contributed by atoms with Crippen molar-refractivity contribution in [1.82, 2.24) is 14.7 Å². The number of nitrogens with zero attached hydrogens (tertiary/aromatic N) is 4. The van der Waals surface area contributed by atoms with Gasteiger partial charge >= 0.3 is 11.8 Å². The third-order valence-electron chi connectivity index (χ3n) is 3.28. The smallest absolute Gasteiger partial charge is 0.410 e. The molecule has 1 amide bonds.